The molecule has 0 unspecified atom stereocenters. The Morgan fingerprint density at radius 1 is 0.929 bits per heavy atom. The molecule has 0 radical (unpaired) electrons. The van der Waals surface area contributed by atoms with Gasteiger partial charge in [0, 0.05) is 29.3 Å². The number of rotatable bonds is 1. The van der Waals surface area contributed by atoms with Crippen molar-refractivity contribution in [2.75, 3.05) is 11.5 Å². The third-order valence-electron chi connectivity index (χ3n) is 2.08. The zero-order valence-electron chi connectivity index (χ0n) is 7.64. The minimum Gasteiger partial charge on any atom is -0.399 e. The van der Waals surface area contributed by atoms with Crippen LogP contribution in [-0.2, 0) is 0 Å². The molecule has 3 nitrogen and oxygen atoms in total. The fraction of sp³-hybridized carbons (Fsp3) is 0. The number of hydrogen-bond donors (Lipinski definition) is 2. The first-order valence-corrected chi connectivity index (χ1v) is 4.33. The summed E-state index contributed by atoms with van der Waals surface area (Å²) in [6.45, 7) is 0. The smallest absolute Gasteiger partial charge is 0.0424 e. The van der Waals surface area contributed by atoms with Crippen molar-refractivity contribution in [3.63, 3.8) is 0 Å². The molecule has 0 fully saturated rings. The van der Waals surface area contributed by atoms with E-state index in [4.69, 9.17) is 11.5 Å². The Kier molecular flexibility index (Phi) is 2.07. The molecule has 2 rings (SSSR count). The number of hydrogen-bond acceptors (Lipinski definition) is 3. The van der Waals surface area contributed by atoms with Crippen LogP contribution in [0.25, 0.3) is 11.1 Å². The molecule has 0 bridgehead atoms. The summed E-state index contributed by atoms with van der Waals surface area (Å²) in [7, 11) is 0. The van der Waals surface area contributed by atoms with E-state index in [0.717, 1.165) is 22.5 Å². The fourth-order valence-electron chi connectivity index (χ4n) is 1.31. The molecule has 14 heavy (non-hydrogen) atoms. The van der Waals surface area contributed by atoms with Gasteiger partial charge in [0.25, 0.3) is 0 Å². The predicted octanol–water partition coefficient (Wildman–Crippen LogP) is 1.91. The fourth-order valence-corrected chi connectivity index (χ4v) is 1.31. The number of aromatic nitrogens is 1. The average Bonchev–Trinajstić information content (AvgIpc) is 2.20. The summed E-state index contributed by atoms with van der Waals surface area (Å²) in [4.78, 5) is 4.03. The summed E-state index contributed by atoms with van der Waals surface area (Å²) in [5, 5.41) is 0. The summed E-state index contributed by atoms with van der Waals surface area (Å²) < 4.78 is 0. The van der Waals surface area contributed by atoms with Gasteiger partial charge in [-0.15, -0.1) is 0 Å². The van der Waals surface area contributed by atoms with Crippen molar-refractivity contribution in [1.82, 2.24) is 4.98 Å². The summed E-state index contributed by atoms with van der Waals surface area (Å²) in [5.74, 6) is 0. The number of pyridine rings is 1. The van der Waals surface area contributed by atoms with E-state index in [1.165, 1.54) is 0 Å². The number of benzene rings is 1. The van der Waals surface area contributed by atoms with Crippen molar-refractivity contribution in [1.29, 1.82) is 0 Å². The van der Waals surface area contributed by atoms with E-state index in [2.05, 4.69) is 4.98 Å². The molecule has 0 saturated heterocycles. The van der Waals surface area contributed by atoms with Crippen molar-refractivity contribution in [2.24, 2.45) is 0 Å². The van der Waals surface area contributed by atoms with E-state index in [1.54, 1.807) is 18.5 Å². The zero-order chi connectivity index (χ0) is 9.97. The first-order chi connectivity index (χ1) is 6.77. The summed E-state index contributed by atoms with van der Waals surface area (Å²) in [6, 6.07) is 9.35. The van der Waals surface area contributed by atoms with Crippen LogP contribution < -0.4 is 11.5 Å². The average molecular weight is 185 g/mol. The maximum Gasteiger partial charge on any atom is 0.0424 e. The molecule has 70 valence electrons. The molecule has 1 aromatic carbocycles. The second-order valence-corrected chi connectivity index (χ2v) is 3.08. The lowest BCUT2D eigenvalue weighted by atomic mass is 10.1. The van der Waals surface area contributed by atoms with E-state index in [1.807, 2.05) is 24.3 Å². The van der Waals surface area contributed by atoms with Gasteiger partial charge >= 0.3 is 0 Å². The van der Waals surface area contributed by atoms with E-state index < -0.39 is 0 Å². The molecule has 0 aliphatic heterocycles. The van der Waals surface area contributed by atoms with Crippen LogP contribution in [0.4, 0.5) is 11.4 Å². The predicted molar refractivity (Wildman–Crippen MR) is 58.5 cm³/mol. The summed E-state index contributed by atoms with van der Waals surface area (Å²) in [5.41, 5.74) is 14.9. The van der Waals surface area contributed by atoms with Crippen molar-refractivity contribution >= 4 is 11.4 Å². The molecule has 0 atom stereocenters. The van der Waals surface area contributed by atoms with E-state index in [0.29, 0.717) is 0 Å². The van der Waals surface area contributed by atoms with Gasteiger partial charge in [0.1, 0.15) is 0 Å². The highest BCUT2D eigenvalue weighted by atomic mass is 14.7. The standard InChI is InChI=1S/C11H11N3/c12-9-3-1-8(2-4-9)10-7-14-6-5-11(10)13/h1-7H,12H2,(H2,13,14). The van der Waals surface area contributed by atoms with Crippen LogP contribution in [0.5, 0.6) is 0 Å². The molecule has 2 aromatic rings. The SMILES string of the molecule is Nc1ccc(-c2cnccc2N)cc1. The van der Waals surface area contributed by atoms with Crippen LogP contribution in [0.15, 0.2) is 42.7 Å². The highest BCUT2D eigenvalue weighted by Gasteiger charge is 2.00. The van der Waals surface area contributed by atoms with Crippen LogP contribution in [0.1, 0.15) is 0 Å². The highest BCUT2D eigenvalue weighted by molar-refractivity contribution is 5.75. The van der Waals surface area contributed by atoms with Gasteiger partial charge in [0.05, 0.1) is 0 Å². The van der Waals surface area contributed by atoms with Crippen LogP contribution in [0, 0.1) is 0 Å². The van der Waals surface area contributed by atoms with E-state index in [-0.39, 0.29) is 0 Å². The van der Waals surface area contributed by atoms with Crippen molar-refractivity contribution < 1.29 is 0 Å². The molecule has 0 spiro atoms. The lowest BCUT2D eigenvalue weighted by Crippen LogP contribution is -1.91. The Bertz CT molecular complexity index is 435. The Morgan fingerprint density at radius 3 is 2.29 bits per heavy atom. The lowest BCUT2D eigenvalue weighted by molar-refractivity contribution is 1.33. The van der Waals surface area contributed by atoms with Gasteiger partial charge < -0.3 is 11.5 Å². The summed E-state index contributed by atoms with van der Waals surface area (Å²) >= 11 is 0. The Morgan fingerprint density at radius 2 is 1.64 bits per heavy atom. The van der Waals surface area contributed by atoms with Gasteiger partial charge in [-0.25, -0.2) is 0 Å². The van der Waals surface area contributed by atoms with Crippen LogP contribution in [0.2, 0.25) is 0 Å². The third-order valence-corrected chi connectivity index (χ3v) is 2.08. The number of nitrogens with two attached hydrogens (primary N) is 2. The van der Waals surface area contributed by atoms with E-state index in [9.17, 15) is 0 Å². The maximum atomic E-state index is 5.82. The molecule has 1 aromatic heterocycles. The molecular weight excluding hydrogens is 174 g/mol. The third kappa shape index (κ3) is 1.52. The van der Waals surface area contributed by atoms with Crippen molar-refractivity contribution in [3.05, 3.63) is 42.7 Å². The Hall–Kier alpha value is -2.03. The number of nitrogen functional groups attached to an aromatic ring is 2. The van der Waals surface area contributed by atoms with Gasteiger partial charge in [0.2, 0.25) is 0 Å². The second-order valence-electron chi connectivity index (χ2n) is 3.08. The first-order valence-electron chi connectivity index (χ1n) is 4.33. The molecule has 4 N–H and O–H groups in total. The van der Waals surface area contributed by atoms with E-state index >= 15 is 0 Å². The molecule has 0 saturated carbocycles. The Labute approximate surface area is 82.4 Å². The topological polar surface area (TPSA) is 64.9 Å². The van der Waals surface area contributed by atoms with Gasteiger partial charge in [-0.3, -0.25) is 4.98 Å². The quantitative estimate of drug-likeness (QED) is 0.667. The van der Waals surface area contributed by atoms with Gasteiger partial charge in [-0.2, -0.15) is 0 Å². The first kappa shape index (κ1) is 8.56. The second kappa shape index (κ2) is 3.38. The number of anilines is 2. The largest absolute Gasteiger partial charge is 0.399 e. The highest BCUT2D eigenvalue weighted by Crippen LogP contribution is 2.24. The van der Waals surface area contributed by atoms with Crippen LogP contribution >= 0.6 is 0 Å². The normalized spacial score (nSPS) is 10.0. The van der Waals surface area contributed by atoms with Crippen molar-refractivity contribution in [2.45, 2.75) is 0 Å². The van der Waals surface area contributed by atoms with Gasteiger partial charge in [-0.05, 0) is 23.8 Å². The summed E-state index contributed by atoms with van der Waals surface area (Å²) in [6.07, 6.45) is 3.43. The van der Waals surface area contributed by atoms with Gasteiger partial charge in [0.15, 0.2) is 0 Å². The minimum atomic E-state index is 0.727. The molecule has 0 aliphatic carbocycles. The minimum absolute atomic E-state index is 0.727. The Balaban J connectivity index is 2.50. The zero-order valence-corrected chi connectivity index (χ0v) is 7.64. The molecule has 3 heteroatoms. The van der Waals surface area contributed by atoms with Gasteiger partial charge in [-0.1, -0.05) is 12.1 Å². The molecule has 1 heterocycles. The molecule has 0 amide bonds. The maximum absolute atomic E-state index is 5.82. The van der Waals surface area contributed by atoms with Crippen LogP contribution in [0.3, 0.4) is 0 Å². The lowest BCUT2D eigenvalue weighted by Gasteiger charge is -2.04. The monoisotopic (exact) mass is 185 g/mol. The molecule has 0 aliphatic rings. The van der Waals surface area contributed by atoms with Crippen molar-refractivity contribution in [3.8, 4) is 11.1 Å². The molecular formula is C11H11N3. The van der Waals surface area contributed by atoms with Crippen LogP contribution in [-0.4, -0.2) is 4.98 Å². The number of nitrogens with zero attached hydrogens (tertiary/aromatic N) is 1.